The fraction of sp³-hybridized carbons (Fsp3) is 0.357. The fourth-order valence-corrected chi connectivity index (χ4v) is 1.73. The third-order valence-electron chi connectivity index (χ3n) is 2.73. The maximum atomic E-state index is 13.8. The van der Waals surface area contributed by atoms with Gasteiger partial charge in [0.25, 0.3) is 0 Å². The van der Waals surface area contributed by atoms with Gasteiger partial charge in [0.05, 0.1) is 11.9 Å². The van der Waals surface area contributed by atoms with Gasteiger partial charge in [-0.2, -0.15) is 5.10 Å². The topological polar surface area (TPSA) is 40.7 Å². The zero-order chi connectivity index (χ0) is 14.0. The first-order valence-electron chi connectivity index (χ1n) is 6.09. The van der Waals surface area contributed by atoms with Crippen LogP contribution in [0.4, 0.5) is 8.78 Å². The Morgan fingerprint density at radius 3 is 2.63 bits per heavy atom. The number of aromatic amines is 1. The minimum atomic E-state index is -0.596. The first-order chi connectivity index (χ1) is 8.87. The molecule has 0 saturated heterocycles. The summed E-state index contributed by atoms with van der Waals surface area (Å²) in [6, 6.07) is 3.52. The average molecular weight is 265 g/mol. The highest BCUT2D eigenvalue weighted by Crippen LogP contribution is 2.25. The molecule has 0 aliphatic carbocycles. The SMILES string of the molecule is CC(C)(C)NCc1cn[nH]c1-c1ccc(F)cc1F. The predicted molar refractivity (Wildman–Crippen MR) is 70.5 cm³/mol. The Hall–Kier alpha value is -1.75. The average Bonchev–Trinajstić information content (AvgIpc) is 2.73. The largest absolute Gasteiger partial charge is 0.308 e. The van der Waals surface area contributed by atoms with Crippen molar-refractivity contribution in [3.8, 4) is 11.3 Å². The molecule has 0 amide bonds. The van der Waals surface area contributed by atoms with Gasteiger partial charge in [-0.3, -0.25) is 5.10 Å². The highest BCUT2D eigenvalue weighted by Gasteiger charge is 2.15. The Morgan fingerprint density at radius 2 is 2.00 bits per heavy atom. The molecule has 2 N–H and O–H groups in total. The molecule has 102 valence electrons. The summed E-state index contributed by atoms with van der Waals surface area (Å²) in [5.74, 6) is -1.18. The van der Waals surface area contributed by atoms with Gasteiger partial charge in [-0.05, 0) is 32.9 Å². The van der Waals surface area contributed by atoms with Crippen molar-refractivity contribution >= 4 is 0 Å². The zero-order valence-corrected chi connectivity index (χ0v) is 11.2. The highest BCUT2D eigenvalue weighted by molar-refractivity contribution is 5.63. The Morgan fingerprint density at radius 1 is 1.26 bits per heavy atom. The molecule has 1 aromatic carbocycles. The van der Waals surface area contributed by atoms with Crippen molar-refractivity contribution in [1.29, 1.82) is 0 Å². The van der Waals surface area contributed by atoms with E-state index in [-0.39, 0.29) is 5.54 Å². The summed E-state index contributed by atoms with van der Waals surface area (Å²) in [4.78, 5) is 0. The predicted octanol–water partition coefficient (Wildman–Crippen LogP) is 3.24. The van der Waals surface area contributed by atoms with Crippen LogP contribution in [0.25, 0.3) is 11.3 Å². The molecule has 0 saturated carbocycles. The lowest BCUT2D eigenvalue weighted by Crippen LogP contribution is -2.35. The molecule has 2 rings (SSSR count). The Bertz CT molecular complexity index is 570. The van der Waals surface area contributed by atoms with Crippen molar-refractivity contribution in [2.75, 3.05) is 0 Å². The highest BCUT2D eigenvalue weighted by atomic mass is 19.1. The molecule has 0 aliphatic rings. The van der Waals surface area contributed by atoms with E-state index in [9.17, 15) is 8.78 Å². The van der Waals surface area contributed by atoms with Crippen LogP contribution in [0.5, 0.6) is 0 Å². The van der Waals surface area contributed by atoms with E-state index in [0.29, 0.717) is 17.8 Å². The van der Waals surface area contributed by atoms with E-state index in [1.807, 2.05) is 20.8 Å². The van der Waals surface area contributed by atoms with Gasteiger partial charge in [0, 0.05) is 29.3 Å². The van der Waals surface area contributed by atoms with Crippen molar-refractivity contribution < 1.29 is 8.78 Å². The Balaban J connectivity index is 2.28. The van der Waals surface area contributed by atoms with Gasteiger partial charge in [-0.15, -0.1) is 0 Å². The maximum Gasteiger partial charge on any atom is 0.135 e. The lowest BCUT2D eigenvalue weighted by Gasteiger charge is -2.20. The van der Waals surface area contributed by atoms with E-state index in [0.717, 1.165) is 11.6 Å². The van der Waals surface area contributed by atoms with Crippen LogP contribution in [0.15, 0.2) is 24.4 Å². The summed E-state index contributed by atoms with van der Waals surface area (Å²) in [7, 11) is 0. The number of H-pyrrole nitrogens is 1. The van der Waals surface area contributed by atoms with Crippen LogP contribution in [0.2, 0.25) is 0 Å². The van der Waals surface area contributed by atoms with Gasteiger partial charge in [-0.25, -0.2) is 8.78 Å². The Labute approximate surface area is 111 Å². The minimum Gasteiger partial charge on any atom is -0.308 e. The number of hydrogen-bond acceptors (Lipinski definition) is 2. The van der Waals surface area contributed by atoms with Gasteiger partial charge in [0.15, 0.2) is 0 Å². The first kappa shape index (κ1) is 13.7. The summed E-state index contributed by atoms with van der Waals surface area (Å²) in [5, 5.41) is 10.0. The standard InChI is InChI=1S/C14H17F2N3/c1-14(2,3)17-7-9-8-18-19-13(9)11-5-4-10(15)6-12(11)16/h4-6,8,17H,7H2,1-3H3,(H,18,19). The van der Waals surface area contributed by atoms with Crippen LogP contribution in [0.3, 0.4) is 0 Å². The zero-order valence-electron chi connectivity index (χ0n) is 11.2. The molecular weight excluding hydrogens is 248 g/mol. The second-order valence-corrected chi connectivity index (χ2v) is 5.50. The summed E-state index contributed by atoms with van der Waals surface area (Å²) < 4.78 is 26.7. The van der Waals surface area contributed by atoms with E-state index in [1.54, 1.807) is 6.20 Å². The monoisotopic (exact) mass is 265 g/mol. The summed E-state index contributed by atoms with van der Waals surface area (Å²) in [5.41, 5.74) is 1.70. The number of aromatic nitrogens is 2. The fourth-order valence-electron chi connectivity index (χ4n) is 1.73. The van der Waals surface area contributed by atoms with E-state index in [1.165, 1.54) is 12.1 Å². The van der Waals surface area contributed by atoms with Crippen molar-refractivity contribution in [1.82, 2.24) is 15.5 Å². The molecule has 5 heteroatoms. The van der Waals surface area contributed by atoms with Crippen LogP contribution in [-0.2, 0) is 6.54 Å². The van der Waals surface area contributed by atoms with Gasteiger partial charge in [-0.1, -0.05) is 0 Å². The third-order valence-corrected chi connectivity index (χ3v) is 2.73. The summed E-state index contributed by atoms with van der Waals surface area (Å²) in [6.45, 7) is 6.70. The molecule has 0 aliphatic heterocycles. The number of nitrogens with one attached hydrogen (secondary N) is 2. The van der Waals surface area contributed by atoms with Crippen LogP contribution in [0, 0.1) is 11.6 Å². The van der Waals surface area contributed by atoms with E-state index in [4.69, 9.17) is 0 Å². The Kier molecular flexibility index (Phi) is 3.66. The quantitative estimate of drug-likeness (QED) is 0.894. The van der Waals surface area contributed by atoms with Gasteiger partial charge in [0.2, 0.25) is 0 Å². The summed E-state index contributed by atoms with van der Waals surface area (Å²) in [6.07, 6.45) is 1.65. The van der Waals surface area contributed by atoms with Gasteiger partial charge >= 0.3 is 0 Å². The second kappa shape index (κ2) is 5.09. The molecule has 0 radical (unpaired) electrons. The van der Waals surface area contributed by atoms with Crippen LogP contribution in [-0.4, -0.2) is 15.7 Å². The molecular formula is C14H17F2N3. The van der Waals surface area contributed by atoms with Crippen molar-refractivity contribution in [3.05, 3.63) is 41.6 Å². The van der Waals surface area contributed by atoms with E-state index < -0.39 is 11.6 Å². The maximum absolute atomic E-state index is 13.8. The molecule has 0 fully saturated rings. The lowest BCUT2D eigenvalue weighted by molar-refractivity contribution is 0.424. The molecule has 0 atom stereocenters. The molecule has 1 aromatic heterocycles. The minimum absolute atomic E-state index is 0.0458. The van der Waals surface area contributed by atoms with Gasteiger partial charge in [0.1, 0.15) is 11.6 Å². The van der Waals surface area contributed by atoms with Crippen molar-refractivity contribution in [2.45, 2.75) is 32.9 Å². The van der Waals surface area contributed by atoms with E-state index in [2.05, 4.69) is 15.5 Å². The third kappa shape index (κ3) is 3.38. The van der Waals surface area contributed by atoms with Crippen LogP contribution in [0.1, 0.15) is 26.3 Å². The molecule has 0 spiro atoms. The molecule has 1 heterocycles. The van der Waals surface area contributed by atoms with Crippen LogP contribution < -0.4 is 5.32 Å². The number of hydrogen-bond donors (Lipinski definition) is 2. The summed E-state index contributed by atoms with van der Waals surface area (Å²) >= 11 is 0. The smallest absolute Gasteiger partial charge is 0.135 e. The van der Waals surface area contributed by atoms with Crippen LogP contribution >= 0.6 is 0 Å². The molecule has 0 unspecified atom stereocenters. The normalized spacial score (nSPS) is 11.8. The molecule has 0 bridgehead atoms. The van der Waals surface area contributed by atoms with E-state index >= 15 is 0 Å². The molecule has 19 heavy (non-hydrogen) atoms. The number of nitrogens with zero attached hydrogens (tertiary/aromatic N) is 1. The first-order valence-corrected chi connectivity index (χ1v) is 6.09. The lowest BCUT2D eigenvalue weighted by atomic mass is 10.1. The number of rotatable bonds is 3. The number of halogens is 2. The second-order valence-electron chi connectivity index (χ2n) is 5.50. The molecule has 2 aromatic rings. The van der Waals surface area contributed by atoms with Gasteiger partial charge < -0.3 is 5.32 Å². The van der Waals surface area contributed by atoms with Crippen molar-refractivity contribution in [3.63, 3.8) is 0 Å². The number of benzene rings is 1. The van der Waals surface area contributed by atoms with Crippen molar-refractivity contribution in [2.24, 2.45) is 0 Å². The molecule has 3 nitrogen and oxygen atoms in total.